The Morgan fingerprint density at radius 1 is 0.882 bits per heavy atom. The van der Waals surface area contributed by atoms with Crippen molar-refractivity contribution in [2.24, 2.45) is 0 Å². The number of rotatable bonds is 6. The van der Waals surface area contributed by atoms with Gasteiger partial charge in [0.25, 0.3) is 15.9 Å². The van der Waals surface area contributed by atoms with Gasteiger partial charge in [-0.05, 0) is 67.1 Å². The predicted octanol–water partition coefficient (Wildman–Crippen LogP) is 5.74. The van der Waals surface area contributed by atoms with Crippen LogP contribution < -0.4 is 10.0 Å². The Morgan fingerprint density at radius 2 is 1.62 bits per heavy atom. The SMILES string of the molecule is O=C(Nc1nc(-c2ccc3c(c2)CCCC3)cs1)c1ccccc1NS(=O)(=O)c1ccccc1. The van der Waals surface area contributed by atoms with Crippen LogP contribution in [0.15, 0.2) is 83.1 Å². The van der Waals surface area contributed by atoms with Crippen molar-refractivity contribution in [2.75, 3.05) is 10.0 Å². The number of amides is 1. The highest BCUT2D eigenvalue weighted by molar-refractivity contribution is 7.92. The van der Waals surface area contributed by atoms with E-state index in [2.05, 4.69) is 33.2 Å². The number of nitrogens with zero attached hydrogens (tertiary/aromatic N) is 1. The molecule has 0 aliphatic heterocycles. The molecule has 1 amide bonds. The maximum Gasteiger partial charge on any atom is 0.261 e. The molecule has 1 aromatic heterocycles. The lowest BCUT2D eigenvalue weighted by molar-refractivity contribution is 0.102. The largest absolute Gasteiger partial charge is 0.298 e. The van der Waals surface area contributed by atoms with Gasteiger partial charge in [0.2, 0.25) is 0 Å². The molecule has 2 N–H and O–H groups in total. The minimum atomic E-state index is -3.82. The zero-order chi connectivity index (χ0) is 23.5. The van der Waals surface area contributed by atoms with Crippen molar-refractivity contribution in [3.8, 4) is 11.3 Å². The number of carbonyl (C=O) groups is 1. The number of carbonyl (C=O) groups excluding carboxylic acids is 1. The fourth-order valence-corrected chi connectivity index (χ4v) is 5.91. The molecule has 4 aromatic rings. The summed E-state index contributed by atoms with van der Waals surface area (Å²) in [5.74, 6) is -0.433. The molecule has 0 saturated carbocycles. The maximum atomic E-state index is 13.0. The van der Waals surface area contributed by atoms with Gasteiger partial charge in [-0.3, -0.25) is 14.8 Å². The Bertz CT molecular complexity index is 1450. The quantitative estimate of drug-likeness (QED) is 0.361. The van der Waals surface area contributed by atoms with Gasteiger partial charge in [0.1, 0.15) is 0 Å². The smallest absolute Gasteiger partial charge is 0.261 e. The van der Waals surface area contributed by atoms with Crippen LogP contribution in [0.3, 0.4) is 0 Å². The summed E-state index contributed by atoms with van der Waals surface area (Å²) in [5.41, 5.74) is 5.05. The van der Waals surface area contributed by atoms with Crippen molar-refractivity contribution in [3.63, 3.8) is 0 Å². The van der Waals surface area contributed by atoms with Crippen LogP contribution in [0.25, 0.3) is 11.3 Å². The average molecular weight is 490 g/mol. The van der Waals surface area contributed by atoms with E-state index in [1.165, 1.54) is 47.4 Å². The van der Waals surface area contributed by atoms with Gasteiger partial charge in [0.05, 0.1) is 21.8 Å². The molecule has 34 heavy (non-hydrogen) atoms. The van der Waals surface area contributed by atoms with E-state index in [-0.39, 0.29) is 16.1 Å². The van der Waals surface area contributed by atoms with Crippen molar-refractivity contribution in [3.05, 3.63) is 94.9 Å². The molecule has 0 unspecified atom stereocenters. The van der Waals surface area contributed by atoms with Gasteiger partial charge < -0.3 is 0 Å². The summed E-state index contributed by atoms with van der Waals surface area (Å²) in [6.45, 7) is 0. The fourth-order valence-electron chi connectivity index (χ4n) is 4.09. The minimum absolute atomic E-state index is 0.125. The lowest BCUT2D eigenvalue weighted by Gasteiger charge is -2.16. The van der Waals surface area contributed by atoms with Gasteiger partial charge in [-0.1, -0.05) is 42.5 Å². The third-order valence-corrected chi connectivity index (χ3v) is 7.98. The molecule has 1 aliphatic rings. The molecule has 0 fully saturated rings. The topological polar surface area (TPSA) is 88.2 Å². The summed E-state index contributed by atoms with van der Waals surface area (Å²) in [7, 11) is -3.82. The standard InChI is InChI=1S/C26H23N3O3S2/c30-25(22-12-6-7-13-23(22)29-34(31,32)21-10-2-1-3-11-21)28-26-27-24(17-33-26)20-15-14-18-8-4-5-9-19(18)16-20/h1-3,6-7,10-17,29H,4-5,8-9H2,(H,27,28,30). The van der Waals surface area contributed by atoms with Crippen LogP contribution in [-0.2, 0) is 22.9 Å². The van der Waals surface area contributed by atoms with E-state index in [1.54, 1.807) is 42.5 Å². The number of aromatic nitrogens is 1. The first-order valence-corrected chi connectivity index (χ1v) is 13.4. The van der Waals surface area contributed by atoms with E-state index in [0.29, 0.717) is 5.13 Å². The Kier molecular flexibility index (Phi) is 6.17. The summed E-state index contributed by atoms with van der Waals surface area (Å²) < 4.78 is 28.0. The molecule has 1 aliphatic carbocycles. The number of nitrogens with one attached hydrogen (secondary N) is 2. The van der Waals surface area contributed by atoms with E-state index in [9.17, 15) is 13.2 Å². The molecule has 0 saturated heterocycles. The molecule has 1 heterocycles. The summed E-state index contributed by atoms with van der Waals surface area (Å²) in [6.07, 6.45) is 4.67. The Balaban J connectivity index is 1.35. The highest BCUT2D eigenvalue weighted by Crippen LogP contribution is 2.30. The molecule has 0 atom stereocenters. The highest BCUT2D eigenvalue weighted by Gasteiger charge is 2.19. The number of thiazole rings is 1. The number of para-hydroxylation sites is 1. The molecule has 0 spiro atoms. The van der Waals surface area contributed by atoms with E-state index in [4.69, 9.17) is 0 Å². The van der Waals surface area contributed by atoms with Gasteiger partial charge >= 0.3 is 0 Å². The van der Waals surface area contributed by atoms with Crippen molar-refractivity contribution in [1.29, 1.82) is 0 Å². The van der Waals surface area contributed by atoms with Crippen LogP contribution in [0.1, 0.15) is 34.3 Å². The zero-order valence-electron chi connectivity index (χ0n) is 18.3. The summed E-state index contributed by atoms with van der Waals surface area (Å²) >= 11 is 1.34. The van der Waals surface area contributed by atoms with Crippen LogP contribution >= 0.6 is 11.3 Å². The van der Waals surface area contributed by atoms with Crippen LogP contribution in [-0.4, -0.2) is 19.3 Å². The van der Waals surface area contributed by atoms with E-state index in [0.717, 1.165) is 24.1 Å². The third-order valence-electron chi connectivity index (χ3n) is 5.84. The second-order valence-electron chi connectivity index (χ2n) is 8.15. The van der Waals surface area contributed by atoms with Gasteiger partial charge in [-0.2, -0.15) is 0 Å². The molecule has 172 valence electrons. The molecule has 6 nitrogen and oxygen atoms in total. The highest BCUT2D eigenvalue weighted by atomic mass is 32.2. The Labute approximate surface area is 202 Å². The normalized spacial score (nSPS) is 13.2. The summed E-state index contributed by atoms with van der Waals surface area (Å²) in [5, 5.41) is 5.19. The first-order chi connectivity index (χ1) is 16.5. The Morgan fingerprint density at radius 3 is 2.44 bits per heavy atom. The van der Waals surface area contributed by atoms with Crippen LogP contribution in [0.5, 0.6) is 0 Å². The fraction of sp³-hybridized carbons (Fsp3) is 0.154. The second-order valence-corrected chi connectivity index (χ2v) is 10.7. The van der Waals surface area contributed by atoms with Crippen molar-refractivity contribution in [2.45, 2.75) is 30.6 Å². The lowest BCUT2D eigenvalue weighted by atomic mass is 9.90. The molecule has 0 bridgehead atoms. The van der Waals surface area contributed by atoms with Crippen molar-refractivity contribution < 1.29 is 13.2 Å². The monoisotopic (exact) mass is 489 g/mol. The third kappa shape index (κ3) is 4.73. The number of fused-ring (bicyclic) bond motifs is 1. The minimum Gasteiger partial charge on any atom is -0.298 e. The van der Waals surface area contributed by atoms with Gasteiger partial charge in [-0.25, -0.2) is 13.4 Å². The van der Waals surface area contributed by atoms with E-state index in [1.807, 2.05) is 5.38 Å². The second kappa shape index (κ2) is 9.40. The Hall–Kier alpha value is -3.49. The average Bonchev–Trinajstić information content (AvgIpc) is 3.33. The molecule has 3 aromatic carbocycles. The molecular formula is C26H23N3O3S2. The number of benzene rings is 3. The summed E-state index contributed by atoms with van der Waals surface area (Å²) in [6, 6.07) is 21.0. The summed E-state index contributed by atoms with van der Waals surface area (Å²) in [4.78, 5) is 17.7. The number of aryl methyl sites for hydroxylation is 2. The number of hydrogen-bond donors (Lipinski definition) is 2. The molecule has 5 rings (SSSR count). The van der Waals surface area contributed by atoms with Crippen LogP contribution in [0.4, 0.5) is 10.8 Å². The van der Waals surface area contributed by atoms with Crippen LogP contribution in [0, 0.1) is 0 Å². The van der Waals surface area contributed by atoms with Gasteiger partial charge in [-0.15, -0.1) is 11.3 Å². The van der Waals surface area contributed by atoms with Crippen LogP contribution in [0.2, 0.25) is 0 Å². The van der Waals surface area contributed by atoms with Crippen molar-refractivity contribution in [1.82, 2.24) is 4.98 Å². The van der Waals surface area contributed by atoms with E-state index < -0.39 is 15.9 Å². The van der Waals surface area contributed by atoms with E-state index >= 15 is 0 Å². The first-order valence-electron chi connectivity index (χ1n) is 11.1. The zero-order valence-corrected chi connectivity index (χ0v) is 20.0. The maximum absolute atomic E-state index is 13.0. The number of sulfonamides is 1. The first kappa shape index (κ1) is 22.3. The number of hydrogen-bond acceptors (Lipinski definition) is 5. The van der Waals surface area contributed by atoms with Gasteiger partial charge in [0.15, 0.2) is 5.13 Å². The lowest BCUT2D eigenvalue weighted by Crippen LogP contribution is -2.18. The number of anilines is 2. The predicted molar refractivity (Wildman–Crippen MR) is 136 cm³/mol. The molecular weight excluding hydrogens is 466 g/mol. The molecule has 0 radical (unpaired) electrons. The van der Waals surface area contributed by atoms with Gasteiger partial charge in [0, 0.05) is 10.9 Å². The molecule has 8 heteroatoms. The van der Waals surface area contributed by atoms with Crippen molar-refractivity contribution >= 4 is 38.1 Å².